The van der Waals surface area contributed by atoms with Crippen molar-refractivity contribution < 1.29 is 14.3 Å². The Morgan fingerprint density at radius 2 is 2.22 bits per heavy atom. The summed E-state index contributed by atoms with van der Waals surface area (Å²) in [5, 5.41) is 0.613. The van der Waals surface area contributed by atoms with Crippen molar-refractivity contribution in [3.05, 3.63) is 28.8 Å². The molecule has 5 heteroatoms. The van der Waals surface area contributed by atoms with E-state index < -0.39 is 0 Å². The summed E-state index contributed by atoms with van der Waals surface area (Å²) < 4.78 is 4.67. The van der Waals surface area contributed by atoms with Crippen LogP contribution < -0.4 is 4.90 Å². The van der Waals surface area contributed by atoms with Gasteiger partial charge in [0.1, 0.15) is 0 Å². The monoisotopic (exact) mass is 267 g/mol. The van der Waals surface area contributed by atoms with Crippen molar-refractivity contribution >= 4 is 29.2 Å². The summed E-state index contributed by atoms with van der Waals surface area (Å²) in [6.45, 7) is 2.25. The molecule has 0 aromatic heterocycles. The minimum absolute atomic E-state index is 0.0784. The quantitative estimate of drug-likeness (QED) is 0.772. The van der Waals surface area contributed by atoms with E-state index in [2.05, 4.69) is 4.74 Å². The maximum Gasteiger partial charge on any atom is 0.311 e. The summed E-state index contributed by atoms with van der Waals surface area (Å²) in [5.74, 6) is -0.808. The molecule has 0 radical (unpaired) electrons. The van der Waals surface area contributed by atoms with Gasteiger partial charge in [0, 0.05) is 23.7 Å². The molecule has 0 N–H and O–H groups in total. The largest absolute Gasteiger partial charge is 0.469 e. The fourth-order valence-corrected chi connectivity index (χ4v) is 2.21. The van der Waals surface area contributed by atoms with Crippen LogP contribution >= 0.6 is 11.6 Å². The Morgan fingerprint density at radius 3 is 2.83 bits per heavy atom. The van der Waals surface area contributed by atoms with Gasteiger partial charge in [0.05, 0.1) is 13.0 Å². The smallest absolute Gasteiger partial charge is 0.311 e. The molecule has 0 aliphatic carbocycles. The predicted molar refractivity (Wildman–Crippen MR) is 68.7 cm³/mol. The molecular formula is C13H14ClNO3. The van der Waals surface area contributed by atoms with Gasteiger partial charge in [-0.25, -0.2) is 0 Å². The first-order valence-electron chi connectivity index (χ1n) is 5.67. The van der Waals surface area contributed by atoms with E-state index >= 15 is 0 Å². The van der Waals surface area contributed by atoms with E-state index in [1.54, 1.807) is 11.0 Å². The fourth-order valence-electron chi connectivity index (χ4n) is 2.03. The van der Waals surface area contributed by atoms with Crippen molar-refractivity contribution in [3.8, 4) is 0 Å². The van der Waals surface area contributed by atoms with Crippen LogP contribution in [0.15, 0.2) is 18.2 Å². The highest BCUT2D eigenvalue weighted by Crippen LogP contribution is 2.29. The number of rotatable bonds is 2. The second kappa shape index (κ2) is 4.98. The van der Waals surface area contributed by atoms with Crippen molar-refractivity contribution in [1.29, 1.82) is 0 Å². The summed E-state index contributed by atoms with van der Waals surface area (Å²) in [5.41, 5.74) is 1.68. The van der Waals surface area contributed by atoms with E-state index in [1.165, 1.54) is 7.11 Å². The number of carbonyl (C=O) groups excluding carboxylic acids is 2. The van der Waals surface area contributed by atoms with E-state index in [0.29, 0.717) is 11.6 Å². The lowest BCUT2D eigenvalue weighted by Gasteiger charge is -2.17. The highest BCUT2D eigenvalue weighted by Gasteiger charge is 2.35. The molecule has 1 amide bonds. The second-order valence-electron chi connectivity index (χ2n) is 4.36. The van der Waals surface area contributed by atoms with Crippen LogP contribution in [0.25, 0.3) is 0 Å². The Labute approximate surface area is 110 Å². The van der Waals surface area contributed by atoms with Crippen molar-refractivity contribution in [3.63, 3.8) is 0 Å². The zero-order chi connectivity index (χ0) is 13.3. The molecule has 1 saturated heterocycles. The standard InChI is InChI=1S/C13H14ClNO3/c1-8-3-4-10(6-11(8)14)15-7-9(5-12(15)16)13(17)18-2/h3-4,6,9H,5,7H2,1-2H3/t9-/m0/s1. The number of anilines is 1. The van der Waals surface area contributed by atoms with Gasteiger partial charge in [-0.3, -0.25) is 9.59 Å². The summed E-state index contributed by atoms with van der Waals surface area (Å²) in [7, 11) is 1.33. The van der Waals surface area contributed by atoms with E-state index in [1.807, 2.05) is 19.1 Å². The van der Waals surface area contributed by atoms with E-state index in [-0.39, 0.29) is 24.2 Å². The van der Waals surface area contributed by atoms with Crippen LogP contribution in [0.3, 0.4) is 0 Å². The van der Waals surface area contributed by atoms with Crippen LogP contribution in [-0.4, -0.2) is 25.5 Å². The fraction of sp³-hybridized carbons (Fsp3) is 0.385. The molecule has 0 bridgehead atoms. The Morgan fingerprint density at radius 1 is 1.50 bits per heavy atom. The molecule has 0 spiro atoms. The third-order valence-electron chi connectivity index (χ3n) is 3.13. The highest BCUT2D eigenvalue weighted by molar-refractivity contribution is 6.31. The third-order valence-corrected chi connectivity index (χ3v) is 3.53. The van der Waals surface area contributed by atoms with Gasteiger partial charge < -0.3 is 9.64 Å². The van der Waals surface area contributed by atoms with Gasteiger partial charge in [-0.15, -0.1) is 0 Å². The van der Waals surface area contributed by atoms with Gasteiger partial charge in [-0.05, 0) is 24.6 Å². The maximum absolute atomic E-state index is 11.9. The molecule has 96 valence electrons. The molecular weight excluding hydrogens is 254 g/mol. The Balaban J connectivity index is 2.21. The molecule has 1 aromatic carbocycles. The van der Waals surface area contributed by atoms with Gasteiger partial charge in [-0.1, -0.05) is 17.7 Å². The van der Waals surface area contributed by atoms with Crippen LogP contribution in [-0.2, 0) is 14.3 Å². The highest BCUT2D eigenvalue weighted by atomic mass is 35.5. The minimum Gasteiger partial charge on any atom is -0.469 e. The van der Waals surface area contributed by atoms with Gasteiger partial charge in [0.25, 0.3) is 0 Å². The zero-order valence-electron chi connectivity index (χ0n) is 10.3. The molecule has 0 saturated carbocycles. The van der Waals surface area contributed by atoms with Crippen LogP contribution in [0.2, 0.25) is 5.02 Å². The van der Waals surface area contributed by atoms with Gasteiger partial charge in [0.15, 0.2) is 0 Å². The first kappa shape index (κ1) is 12.9. The SMILES string of the molecule is COC(=O)[C@H]1CC(=O)N(c2ccc(C)c(Cl)c2)C1. The normalized spacial score (nSPS) is 19.2. The summed E-state index contributed by atoms with van der Waals surface area (Å²) in [6, 6.07) is 5.43. The number of carbonyl (C=O) groups is 2. The van der Waals surface area contributed by atoms with Crippen molar-refractivity contribution in [2.75, 3.05) is 18.6 Å². The van der Waals surface area contributed by atoms with Crippen LogP contribution in [0.1, 0.15) is 12.0 Å². The van der Waals surface area contributed by atoms with Crippen LogP contribution in [0.4, 0.5) is 5.69 Å². The van der Waals surface area contributed by atoms with Gasteiger partial charge in [0.2, 0.25) is 5.91 Å². The first-order chi connectivity index (χ1) is 8.52. The summed E-state index contributed by atoms with van der Waals surface area (Å²) in [4.78, 5) is 24.9. The first-order valence-corrected chi connectivity index (χ1v) is 6.05. The average Bonchev–Trinajstić information content (AvgIpc) is 2.74. The lowest BCUT2D eigenvalue weighted by Crippen LogP contribution is -2.26. The van der Waals surface area contributed by atoms with E-state index in [9.17, 15) is 9.59 Å². The number of methoxy groups -OCH3 is 1. The number of amides is 1. The number of nitrogens with zero attached hydrogens (tertiary/aromatic N) is 1. The summed E-state index contributed by atoms with van der Waals surface area (Å²) in [6.07, 6.45) is 0.193. The molecule has 18 heavy (non-hydrogen) atoms. The molecule has 1 heterocycles. The number of hydrogen-bond donors (Lipinski definition) is 0. The van der Waals surface area contributed by atoms with E-state index in [4.69, 9.17) is 11.6 Å². The van der Waals surface area contributed by atoms with Crippen molar-refractivity contribution in [1.82, 2.24) is 0 Å². The predicted octanol–water partition coefficient (Wildman–Crippen LogP) is 2.17. The molecule has 1 fully saturated rings. The molecule has 4 nitrogen and oxygen atoms in total. The molecule has 1 aliphatic rings. The van der Waals surface area contributed by atoms with Crippen molar-refractivity contribution in [2.24, 2.45) is 5.92 Å². The van der Waals surface area contributed by atoms with Crippen molar-refractivity contribution in [2.45, 2.75) is 13.3 Å². The minimum atomic E-state index is -0.387. The topological polar surface area (TPSA) is 46.6 Å². The molecule has 1 atom stereocenters. The lowest BCUT2D eigenvalue weighted by molar-refractivity contribution is -0.145. The number of hydrogen-bond acceptors (Lipinski definition) is 3. The molecule has 0 unspecified atom stereocenters. The number of benzene rings is 1. The molecule has 1 aliphatic heterocycles. The lowest BCUT2D eigenvalue weighted by atomic mass is 10.1. The van der Waals surface area contributed by atoms with Gasteiger partial charge in [-0.2, -0.15) is 0 Å². The average molecular weight is 268 g/mol. The maximum atomic E-state index is 11.9. The molecule has 1 aromatic rings. The number of ether oxygens (including phenoxy) is 1. The number of aryl methyl sites for hydroxylation is 1. The Kier molecular flexibility index (Phi) is 3.57. The second-order valence-corrected chi connectivity index (χ2v) is 4.77. The van der Waals surface area contributed by atoms with Crippen LogP contribution in [0, 0.1) is 12.8 Å². The number of esters is 1. The summed E-state index contributed by atoms with van der Waals surface area (Å²) >= 11 is 6.04. The van der Waals surface area contributed by atoms with Crippen LogP contribution in [0.5, 0.6) is 0 Å². The Bertz CT molecular complexity index is 501. The molecule has 2 rings (SSSR count). The zero-order valence-corrected chi connectivity index (χ0v) is 11.0. The Hall–Kier alpha value is -1.55. The number of halogens is 1. The van der Waals surface area contributed by atoms with Gasteiger partial charge >= 0.3 is 5.97 Å². The third kappa shape index (κ3) is 2.34. The van der Waals surface area contributed by atoms with E-state index in [0.717, 1.165) is 11.3 Å².